The van der Waals surface area contributed by atoms with Crippen molar-refractivity contribution in [2.24, 2.45) is 0 Å². The van der Waals surface area contributed by atoms with Crippen molar-refractivity contribution in [2.45, 2.75) is 52.2 Å². The number of halogens is 7. The lowest BCUT2D eigenvalue weighted by atomic mass is 9.99. The molecule has 0 saturated heterocycles. The number of methoxy groups -OCH3 is 2. The summed E-state index contributed by atoms with van der Waals surface area (Å²) in [7, 11) is 2.86. The molecule has 0 aliphatic carbocycles. The third kappa shape index (κ3) is 17.1. The Morgan fingerprint density at radius 1 is 0.654 bits per heavy atom. The summed E-state index contributed by atoms with van der Waals surface area (Å²) < 4.78 is 33.1. The summed E-state index contributed by atoms with van der Waals surface area (Å²) in [5.41, 5.74) is 3.00. The average Bonchev–Trinajstić information content (AvgIpc) is 3.41. The Bertz CT molecular complexity index is 3600. The largest absolute Gasteiger partial charge is 0.480 e. The van der Waals surface area contributed by atoms with Crippen molar-refractivity contribution in [1.82, 2.24) is 19.9 Å². The number of pyridine rings is 3. The molecular weight excluding hydrogens is 1200 g/mol. The first-order chi connectivity index (χ1) is 37.1. The smallest absolute Gasteiger partial charge is 0.312 e. The number of nitrogens with zero attached hydrogens (tertiary/aromatic N) is 6. The summed E-state index contributed by atoms with van der Waals surface area (Å²) in [6.45, 7) is 6.50. The molecule has 78 heavy (non-hydrogen) atoms. The van der Waals surface area contributed by atoms with Gasteiger partial charge >= 0.3 is 5.97 Å². The number of esters is 1. The number of amides is 1. The van der Waals surface area contributed by atoms with Crippen LogP contribution in [0, 0.1) is 34.0 Å². The summed E-state index contributed by atoms with van der Waals surface area (Å²) in [4.78, 5) is 49.9. The Balaban J connectivity index is 0.000000194. The zero-order valence-electron chi connectivity index (χ0n) is 41.8. The van der Waals surface area contributed by atoms with Gasteiger partial charge in [-0.05, 0) is 109 Å². The van der Waals surface area contributed by atoms with Crippen molar-refractivity contribution in [3.8, 4) is 64.5 Å². The normalized spacial score (nSPS) is 11.4. The number of aromatic amines is 1. The van der Waals surface area contributed by atoms with Gasteiger partial charge in [0.2, 0.25) is 17.7 Å². The van der Waals surface area contributed by atoms with Gasteiger partial charge in [-0.2, -0.15) is 15.8 Å². The molecule has 4 heterocycles. The van der Waals surface area contributed by atoms with Crippen LogP contribution in [0.5, 0.6) is 46.3 Å². The standard InChI is InChI=1S/C23H17Cl2N3O3.C19H18Cl2N2O4.C13H7BrCl2N2O2/c24-17-7-14(12-26)8-19(9-17)31-20-10-18(27-23(30)22(20)25)11-21(29)28-6-5-15-3-1-2-4-16(15)13-28;1-19(2,3)27-16(24)9-13-8-15(17(21)18(23-13)25-4)26-14-6-11(10-22)5-12(20)7-14;1-19-13-12(16)10(5-11(14)18-13)20-9-3-7(6-17)2-8(15)4-9/h1-4,7-10H,5-6,11,13H2,(H,27,30);5-8H,9H2,1-4H3;2-5H,1H3. The SMILES string of the molecule is COc1nc(Br)cc(Oc2cc(Cl)cc(C#N)c2)c1Cl.COc1nc(CC(=O)OC(C)(C)C)cc(Oc2cc(Cl)cc(C#N)c2)c1Cl.N#Cc1cc(Cl)cc(Oc2cc(CC(=O)N3CCc4ccccc4C3)[nH]c(=O)c2Cl)c1. The number of aromatic nitrogens is 3. The lowest BCUT2D eigenvalue weighted by Crippen LogP contribution is -2.37. The van der Waals surface area contributed by atoms with E-state index >= 15 is 0 Å². The number of carbonyl (C=O) groups is 2. The van der Waals surface area contributed by atoms with Gasteiger partial charge in [-0.25, -0.2) is 9.97 Å². The fourth-order valence-corrected chi connectivity index (χ4v) is 8.79. The molecule has 0 bridgehead atoms. The Labute approximate surface area is 486 Å². The molecule has 1 aliphatic heterocycles. The van der Waals surface area contributed by atoms with E-state index in [-0.39, 0.29) is 62.8 Å². The zero-order chi connectivity index (χ0) is 56.8. The highest BCUT2D eigenvalue weighted by Crippen LogP contribution is 2.39. The van der Waals surface area contributed by atoms with E-state index in [0.29, 0.717) is 78.1 Å². The first kappa shape index (κ1) is 60.0. The van der Waals surface area contributed by atoms with Gasteiger partial charge in [-0.1, -0.05) is 93.9 Å². The third-order valence-corrected chi connectivity index (χ3v) is 12.6. The predicted molar refractivity (Wildman–Crippen MR) is 299 cm³/mol. The van der Waals surface area contributed by atoms with Gasteiger partial charge in [0.05, 0.1) is 67.7 Å². The fourth-order valence-electron chi connectivity index (χ4n) is 7.18. The summed E-state index contributed by atoms with van der Waals surface area (Å²) >= 11 is 39.6. The molecule has 0 unspecified atom stereocenters. The van der Waals surface area contributed by atoms with Gasteiger partial charge in [0, 0.05) is 52.1 Å². The minimum atomic E-state index is -0.610. The predicted octanol–water partition coefficient (Wildman–Crippen LogP) is 14.2. The first-order valence-electron chi connectivity index (χ1n) is 22.8. The molecule has 16 nitrogen and oxygen atoms in total. The summed E-state index contributed by atoms with van der Waals surface area (Å²) in [6.07, 6.45) is 0.716. The summed E-state index contributed by atoms with van der Waals surface area (Å²) in [6, 6.07) is 32.4. The molecule has 1 aliphatic rings. The minimum absolute atomic E-state index is 0.00390. The van der Waals surface area contributed by atoms with Crippen LogP contribution in [0.15, 0.2) is 106 Å². The molecule has 1 amide bonds. The molecule has 0 saturated carbocycles. The Kier molecular flexibility index (Phi) is 21.1. The molecule has 0 atom stereocenters. The first-order valence-corrected chi connectivity index (χ1v) is 25.9. The van der Waals surface area contributed by atoms with Crippen LogP contribution >= 0.6 is 85.5 Å². The maximum absolute atomic E-state index is 12.8. The number of carbonyl (C=O) groups excluding carboxylic acids is 2. The van der Waals surface area contributed by atoms with E-state index in [4.69, 9.17) is 114 Å². The molecule has 7 aromatic rings. The van der Waals surface area contributed by atoms with Gasteiger partial charge in [-0.15, -0.1) is 0 Å². The van der Waals surface area contributed by atoms with Crippen molar-refractivity contribution in [2.75, 3.05) is 20.8 Å². The Morgan fingerprint density at radius 2 is 1.13 bits per heavy atom. The number of nitrogens with one attached hydrogen (secondary N) is 1. The van der Waals surface area contributed by atoms with Crippen molar-refractivity contribution in [3.63, 3.8) is 0 Å². The van der Waals surface area contributed by atoms with E-state index in [1.54, 1.807) is 56.0 Å². The Hall–Kier alpha value is -7.24. The second kappa shape index (κ2) is 27.4. The van der Waals surface area contributed by atoms with E-state index in [0.717, 1.165) is 12.0 Å². The van der Waals surface area contributed by atoms with Crippen LogP contribution in [0.4, 0.5) is 0 Å². The molecule has 4 aromatic carbocycles. The molecule has 23 heteroatoms. The quantitative estimate of drug-likeness (QED) is 0.0888. The molecule has 400 valence electrons. The van der Waals surface area contributed by atoms with Crippen LogP contribution in [0.2, 0.25) is 30.1 Å². The number of fused-ring (bicyclic) bond motifs is 1. The van der Waals surface area contributed by atoms with Gasteiger partial charge in [0.25, 0.3) is 5.56 Å². The van der Waals surface area contributed by atoms with Gasteiger partial charge in [-0.3, -0.25) is 14.4 Å². The Morgan fingerprint density at radius 3 is 1.62 bits per heavy atom. The van der Waals surface area contributed by atoms with E-state index in [9.17, 15) is 14.4 Å². The number of benzene rings is 4. The average molecular weight is 1240 g/mol. The summed E-state index contributed by atoms with van der Waals surface area (Å²) in [5, 5.41) is 28.3. The summed E-state index contributed by atoms with van der Waals surface area (Å²) in [5.74, 6) is 1.42. The van der Waals surface area contributed by atoms with Crippen molar-refractivity contribution >= 4 is 97.4 Å². The molecule has 0 spiro atoms. The van der Waals surface area contributed by atoms with Crippen molar-refractivity contribution in [1.29, 1.82) is 15.8 Å². The van der Waals surface area contributed by atoms with Crippen LogP contribution in [0.1, 0.15) is 60.0 Å². The van der Waals surface area contributed by atoms with E-state index < -0.39 is 17.1 Å². The van der Waals surface area contributed by atoms with E-state index in [1.165, 1.54) is 62.2 Å². The van der Waals surface area contributed by atoms with Crippen LogP contribution in [-0.2, 0) is 40.1 Å². The van der Waals surface area contributed by atoms with Crippen LogP contribution in [0.3, 0.4) is 0 Å². The van der Waals surface area contributed by atoms with Crippen molar-refractivity contribution in [3.05, 3.63) is 181 Å². The molecule has 8 rings (SSSR count). The molecule has 0 fully saturated rings. The molecular formula is C55H42BrCl6N7O9. The minimum Gasteiger partial charge on any atom is -0.480 e. The maximum atomic E-state index is 12.8. The highest BCUT2D eigenvalue weighted by Gasteiger charge is 2.23. The topological polar surface area (TPSA) is 223 Å². The molecule has 3 aromatic heterocycles. The van der Waals surface area contributed by atoms with Crippen LogP contribution in [0.25, 0.3) is 0 Å². The molecule has 0 radical (unpaired) electrons. The number of nitriles is 3. The van der Waals surface area contributed by atoms with Gasteiger partial charge in [0.15, 0.2) is 17.2 Å². The molecule has 1 N–H and O–H groups in total. The highest BCUT2D eigenvalue weighted by molar-refractivity contribution is 9.10. The number of rotatable bonds is 12. The van der Waals surface area contributed by atoms with Crippen molar-refractivity contribution < 1.29 is 38.0 Å². The highest BCUT2D eigenvalue weighted by atomic mass is 79.9. The maximum Gasteiger partial charge on any atom is 0.312 e. The lowest BCUT2D eigenvalue weighted by Gasteiger charge is -2.29. The van der Waals surface area contributed by atoms with Crippen LogP contribution in [-0.4, -0.2) is 58.1 Å². The number of ether oxygens (including phenoxy) is 6. The second-order valence-electron chi connectivity index (χ2n) is 17.4. The second-order valence-corrected chi connectivity index (χ2v) is 20.7. The third-order valence-electron chi connectivity index (χ3n) is 10.4. The lowest BCUT2D eigenvalue weighted by molar-refractivity contribution is -0.154. The number of hydrogen-bond acceptors (Lipinski definition) is 14. The monoisotopic (exact) mass is 1230 g/mol. The zero-order valence-corrected chi connectivity index (χ0v) is 47.9. The van der Waals surface area contributed by atoms with Gasteiger partial charge < -0.3 is 38.3 Å². The van der Waals surface area contributed by atoms with Crippen LogP contribution < -0.4 is 29.2 Å². The number of H-pyrrole nitrogens is 1. The van der Waals surface area contributed by atoms with E-state index in [2.05, 4.69) is 36.9 Å². The number of hydrogen-bond donors (Lipinski definition) is 1. The fraction of sp³-hybridized carbons (Fsp3) is 0.200. The van der Waals surface area contributed by atoms with E-state index in [1.807, 2.05) is 36.4 Å². The van der Waals surface area contributed by atoms with Gasteiger partial charge in [0.1, 0.15) is 42.5 Å².